The Morgan fingerprint density at radius 3 is 2.55 bits per heavy atom. The second kappa shape index (κ2) is 12.2. The maximum absolute atomic E-state index is 11.9. The number of hydrogen-bond acceptors (Lipinski definition) is 5. The van der Waals surface area contributed by atoms with Crippen molar-refractivity contribution >= 4 is 11.9 Å². The molecule has 8 heteroatoms. The Bertz CT molecular complexity index is 643. The van der Waals surface area contributed by atoms with Crippen molar-refractivity contribution in [3.8, 4) is 11.5 Å². The van der Waals surface area contributed by atoms with Gasteiger partial charge in [0.15, 0.2) is 5.96 Å². The highest BCUT2D eigenvalue weighted by Crippen LogP contribution is 2.17. The van der Waals surface area contributed by atoms with E-state index in [1.54, 1.807) is 21.2 Å². The zero-order chi connectivity index (χ0) is 21.1. The molecular formula is C21H34N4O4. The molecule has 1 saturated heterocycles. The fraction of sp³-hybridized carbons (Fsp3) is 0.619. The minimum Gasteiger partial charge on any atom is -0.497 e. The number of methoxy groups -OCH3 is 1. The van der Waals surface area contributed by atoms with Crippen LogP contribution in [0.25, 0.3) is 0 Å². The Morgan fingerprint density at radius 1 is 1.21 bits per heavy atom. The van der Waals surface area contributed by atoms with Crippen molar-refractivity contribution < 1.29 is 19.0 Å². The van der Waals surface area contributed by atoms with Crippen LogP contribution in [0.1, 0.15) is 19.3 Å². The summed E-state index contributed by atoms with van der Waals surface area (Å²) >= 11 is 0. The Balaban J connectivity index is 1.88. The number of aliphatic imine (C=N–C) groups is 1. The predicted molar refractivity (Wildman–Crippen MR) is 114 cm³/mol. The zero-order valence-corrected chi connectivity index (χ0v) is 18.0. The summed E-state index contributed by atoms with van der Waals surface area (Å²) in [6.45, 7) is 2.71. The van der Waals surface area contributed by atoms with Gasteiger partial charge in [0.1, 0.15) is 24.7 Å². The van der Waals surface area contributed by atoms with Crippen molar-refractivity contribution in [3.05, 3.63) is 24.3 Å². The minimum atomic E-state index is -0.0406. The van der Waals surface area contributed by atoms with Gasteiger partial charge >= 0.3 is 0 Å². The first kappa shape index (κ1) is 22.8. The fourth-order valence-electron chi connectivity index (χ4n) is 2.85. The molecular weight excluding hydrogens is 372 g/mol. The summed E-state index contributed by atoms with van der Waals surface area (Å²) in [7, 11) is 7.03. The van der Waals surface area contributed by atoms with Crippen molar-refractivity contribution in [2.24, 2.45) is 4.99 Å². The molecule has 1 aliphatic heterocycles. The molecule has 0 aliphatic carbocycles. The van der Waals surface area contributed by atoms with Crippen molar-refractivity contribution in [2.45, 2.75) is 25.4 Å². The highest BCUT2D eigenvalue weighted by Gasteiger charge is 2.16. The Hall–Kier alpha value is -2.48. The number of guanidine groups is 1. The number of carbonyl (C=O) groups is 1. The molecule has 1 N–H and O–H groups in total. The van der Waals surface area contributed by atoms with Crippen LogP contribution in [-0.2, 0) is 9.53 Å². The molecule has 1 fully saturated rings. The number of amides is 1. The number of nitrogens with zero attached hydrogens (tertiary/aromatic N) is 3. The largest absolute Gasteiger partial charge is 0.497 e. The van der Waals surface area contributed by atoms with Gasteiger partial charge in [-0.25, -0.2) is 4.99 Å². The average Bonchev–Trinajstić information content (AvgIpc) is 2.74. The third-order valence-electron chi connectivity index (χ3n) is 4.74. The molecule has 1 heterocycles. The number of rotatable bonds is 9. The summed E-state index contributed by atoms with van der Waals surface area (Å²) in [5.74, 6) is 2.21. The number of hydrogen-bond donors (Lipinski definition) is 1. The molecule has 0 radical (unpaired) electrons. The summed E-state index contributed by atoms with van der Waals surface area (Å²) < 4.78 is 16.7. The van der Waals surface area contributed by atoms with Crippen LogP contribution in [0.2, 0.25) is 0 Å². The molecule has 8 nitrogen and oxygen atoms in total. The van der Waals surface area contributed by atoms with Gasteiger partial charge < -0.3 is 29.3 Å². The van der Waals surface area contributed by atoms with Crippen molar-refractivity contribution in [1.82, 2.24) is 15.1 Å². The van der Waals surface area contributed by atoms with Crippen LogP contribution in [0.5, 0.6) is 11.5 Å². The van der Waals surface area contributed by atoms with Gasteiger partial charge in [0, 0.05) is 34.3 Å². The van der Waals surface area contributed by atoms with E-state index in [0.717, 1.165) is 30.9 Å². The second-order valence-electron chi connectivity index (χ2n) is 7.24. The van der Waals surface area contributed by atoms with Gasteiger partial charge in [0.25, 0.3) is 0 Å². The van der Waals surface area contributed by atoms with E-state index >= 15 is 0 Å². The van der Waals surface area contributed by atoms with E-state index in [0.29, 0.717) is 25.7 Å². The number of nitrogens with one attached hydrogen (secondary N) is 1. The van der Waals surface area contributed by atoms with Crippen LogP contribution >= 0.6 is 0 Å². The van der Waals surface area contributed by atoms with E-state index < -0.39 is 0 Å². The van der Waals surface area contributed by atoms with E-state index in [2.05, 4.69) is 10.3 Å². The van der Waals surface area contributed by atoms with Gasteiger partial charge in [-0.1, -0.05) is 0 Å². The number of ether oxygens (including phenoxy) is 3. The molecule has 0 aromatic heterocycles. The smallest absolute Gasteiger partial charge is 0.243 e. The molecule has 162 valence electrons. The Morgan fingerprint density at radius 2 is 1.93 bits per heavy atom. The van der Waals surface area contributed by atoms with E-state index in [-0.39, 0.29) is 18.6 Å². The molecule has 1 aromatic rings. The van der Waals surface area contributed by atoms with Gasteiger partial charge in [-0.15, -0.1) is 0 Å². The maximum Gasteiger partial charge on any atom is 0.243 e. The third kappa shape index (κ3) is 8.19. The molecule has 0 saturated carbocycles. The molecule has 0 bridgehead atoms. The topological polar surface area (TPSA) is 75.6 Å². The SMILES string of the molecule is COc1ccc(OCCN(C)C(=NCC(=O)N(C)C)NCC2CCCCO2)cc1. The van der Waals surface area contributed by atoms with Gasteiger partial charge in [-0.2, -0.15) is 0 Å². The van der Waals surface area contributed by atoms with Crippen LogP contribution in [0.3, 0.4) is 0 Å². The van der Waals surface area contributed by atoms with Crippen LogP contribution in [-0.4, -0.2) is 88.9 Å². The van der Waals surface area contributed by atoms with Gasteiger partial charge in [0.05, 0.1) is 19.8 Å². The average molecular weight is 407 g/mol. The first-order valence-electron chi connectivity index (χ1n) is 10.1. The van der Waals surface area contributed by atoms with Crippen LogP contribution in [0.15, 0.2) is 29.3 Å². The monoisotopic (exact) mass is 406 g/mol. The second-order valence-corrected chi connectivity index (χ2v) is 7.24. The maximum atomic E-state index is 11.9. The quantitative estimate of drug-likeness (QED) is 0.496. The normalized spacial score (nSPS) is 16.8. The predicted octanol–water partition coefficient (Wildman–Crippen LogP) is 1.61. The van der Waals surface area contributed by atoms with Crippen LogP contribution in [0.4, 0.5) is 0 Å². The summed E-state index contributed by atoms with van der Waals surface area (Å²) in [5, 5.41) is 3.36. The summed E-state index contributed by atoms with van der Waals surface area (Å²) in [5.41, 5.74) is 0. The lowest BCUT2D eigenvalue weighted by molar-refractivity contribution is -0.127. The molecule has 0 spiro atoms. The Labute approximate surface area is 173 Å². The number of benzene rings is 1. The highest BCUT2D eigenvalue weighted by molar-refractivity contribution is 5.84. The molecule has 29 heavy (non-hydrogen) atoms. The number of likely N-dealkylation sites (N-methyl/N-ethyl adjacent to an activating group) is 2. The summed E-state index contributed by atoms with van der Waals surface area (Å²) in [6.07, 6.45) is 3.53. The van der Waals surface area contributed by atoms with Crippen molar-refractivity contribution in [2.75, 3.05) is 61.1 Å². The summed E-state index contributed by atoms with van der Waals surface area (Å²) in [6, 6.07) is 7.49. The van der Waals surface area contributed by atoms with Crippen molar-refractivity contribution in [3.63, 3.8) is 0 Å². The molecule has 1 atom stereocenters. The lowest BCUT2D eigenvalue weighted by atomic mass is 10.1. The fourth-order valence-corrected chi connectivity index (χ4v) is 2.85. The first-order chi connectivity index (χ1) is 14.0. The first-order valence-corrected chi connectivity index (χ1v) is 10.1. The van der Waals surface area contributed by atoms with Gasteiger partial charge in [-0.05, 0) is 43.5 Å². The van der Waals surface area contributed by atoms with Crippen LogP contribution < -0.4 is 14.8 Å². The van der Waals surface area contributed by atoms with Crippen molar-refractivity contribution in [1.29, 1.82) is 0 Å². The molecule has 1 aliphatic rings. The minimum absolute atomic E-state index is 0.0406. The molecule has 1 aromatic carbocycles. The van der Waals surface area contributed by atoms with E-state index in [9.17, 15) is 4.79 Å². The van der Waals surface area contributed by atoms with E-state index in [1.165, 1.54) is 11.3 Å². The number of carbonyl (C=O) groups excluding carboxylic acids is 1. The standard InChI is InChI=1S/C21H34N4O4/c1-24(2)20(26)16-23-21(22-15-19-7-5-6-13-28-19)25(3)12-14-29-18-10-8-17(27-4)9-11-18/h8-11,19H,5-7,12-16H2,1-4H3,(H,22,23). The molecule has 1 unspecified atom stereocenters. The van der Waals surface area contributed by atoms with E-state index in [4.69, 9.17) is 14.2 Å². The summed E-state index contributed by atoms with van der Waals surface area (Å²) in [4.78, 5) is 19.9. The van der Waals surface area contributed by atoms with E-state index in [1.807, 2.05) is 36.2 Å². The molecule has 2 rings (SSSR count). The zero-order valence-electron chi connectivity index (χ0n) is 18.0. The van der Waals surface area contributed by atoms with Crippen LogP contribution in [0, 0.1) is 0 Å². The third-order valence-corrected chi connectivity index (χ3v) is 4.74. The Kier molecular flexibility index (Phi) is 9.56. The lowest BCUT2D eigenvalue weighted by Gasteiger charge is -2.27. The lowest BCUT2D eigenvalue weighted by Crippen LogP contribution is -2.45. The highest BCUT2D eigenvalue weighted by atomic mass is 16.5. The van der Waals surface area contributed by atoms with Gasteiger partial charge in [-0.3, -0.25) is 4.79 Å². The molecule has 1 amide bonds. The van der Waals surface area contributed by atoms with Gasteiger partial charge in [0.2, 0.25) is 5.91 Å².